The molecule has 2 aromatic heterocycles. The molecule has 0 atom stereocenters. The van der Waals surface area contributed by atoms with E-state index in [4.69, 9.17) is 5.73 Å². The van der Waals surface area contributed by atoms with Crippen LogP contribution in [-0.2, 0) is 6.54 Å². The lowest BCUT2D eigenvalue weighted by Crippen LogP contribution is -2.22. The molecule has 106 valence electrons. The highest BCUT2D eigenvalue weighted by Gasteiger charge is 2.16. The number of nitrogens with one attached hydrogen (secondary N) is 1. The Labute approximate surface area is 129 Å². The van der Waals surface area contributed by atoms with Crippen LogP contribution in [0.5, 0.6) is 0 Å². The van der Waals surface area contributed by atoms with Crippen LogP contribution in [0.15, 0.2) is 15.9 Å². The molecule has 8 heteroatoms. The van der Waals surface area contributed by atoms with E-state index >= 15 is 0 Å². The van der Waals surface area contributed by atoms with Crippen molar-refractivity contribution in [2.45, 2.75) is 19.4 Å². The van der Waals surface area contributed by atoms with Gasteiger partial charge in [-0.1, -0.05) is 0 Å². The Kier molecular flexibility index (Phi) is 4.02. The van der Waals surface area contributed by atoms with Crippen molar-refractivity contribution in [2.75, 3.05) is 29.0 Å². The molecular formula is C12H15BrN6S. The van der Waals surface area contributed by atoms with Crippen molar-refractivity contribution in [1.29, 1.82) is 0 Å². The normalized spacial score (nSPS) is 14.8. The molecule has 1 aliphatic rings. The second-order valence-corrected chi connectivity index (χ2v) is 7.12. The Bertz CT molecular complexity index is 595. The third-order valence-corrected chi connectivity index (χ3v) is 4.70. The first-order chi connectivity index (χ1) is 9.70. The summed E-state index contributed by atoms with van der Waals surface area (Å²) in [6, 6.07) is 4.09. The van der Waals surface area contributed by atoms with Crippen molar-refractivity contribution in [3.8, 4) is 0 Å². The van der Waals surface area contributed by atoms with Crippen LogP contribution >= 0.6 is 27.3 Å². The first-order valence-electron chi connectivity index (χ1n) is 6.45. The van der Waals surface area contributed by atoms with Crippen molar-refractivity contribution >= 4 is 45.1 Å². The average molecular weight is 355 g/mol. The lowest BCUT2D eigenvalue weighted by molar-refractivity contribution is 0.882. The van der Waals surface area contributed by atoms with Crippen LogP contribution in [0, 0.1) is 0 Å². The number of rotatable bonds is 4. The first kappa shape index (κ1) is 13.6. The van der Waals surface area contributed by atoms with Gasteiger partial charge in [0, 0.05) is 18.0 Å². The molecular weight excluding hydrogens is 340 g/mol. The molecule has 2 aromatic rings. The van der Waals surface area contributed by atoms with Crippen LogP contribution in [0.3, 0.4) is 0 Å². The van der Waals surface area contributed by atoms with Gasteiger partial charge in [-0.15, -0.1) is 11.3 Å². The van der Waals surface area contributed by atoms with Crippen LogP contribution in [0.25, 0.3) is 0 Å². The minimum Gasteiger partial charge on any atom is -0.368 e. The van der Waals surface area contributed by atoms with Gasteiger partial charge in [0.1, 0.15) is 0 Å². The Morgan fingerprint density at radius 2 is 2.05 bits per heavy atom. The average Bonchev–Trinajstić information content (AvgIpc) is 3.07. The van der Waals surface area contributed by atoms with Crippen LogP contribution in [0.1, 0.15) is 17.7 Å². The van der Waals surface area contributed by atoms with Gasteiger partial charge in [-0.3, -0.25) is 0 Å². The smallest absolute Gasteiger partial charge is 0.231 e. The summed E-state index contributed by atoms with van der Waals surface area (Å²) in [4.78, 5) is 16.1. The number of hydrogen-bond donors (Lipinski definition) is 2. The monoisotopic (exact) mass is 354 g/mol. The van der Waals surface area contributed by atoms with E-state index in [9.17, 15) is 0 Å². The fraction of sp³-hybridized carbons (Fsp3) is 0.417. The van der Waals surface area contributed by atoms with Gasteiger partial charge in [0.25, 0.3) is 0 Å². The highest BCUT2D eigenvalue weighted by Crippen LogP contribution is 2.23. The van der Waals surface area contributed by atoms with Gasteiger partial charge < -0.3 is 16.0 Å². The summed E-state index contributed by atoms with van der Waals surface area (Å²) in [6.45, 7) is 2.65. The Morgan fingerprint density at radius 1 is 1.25 bits per heavy atom. The quantitative estimate of drug-likeness (QED) is 0.877. The Balaban J connectivity index is 1.72. The minimum absolute atomic E-state index is 0.261. The number of halogens is 1. The SMILES string of the molecule is Nc1nc(NCc2ccc(Br)s2)nc(N2CCCC2)n1. The van der Waals surface area contributed by atoms with Crippen LogP contribution in [0.4, 0.5) is 17.8 Å². The van der Waals surface area contributed by atoms with E-state index < -0.39 is 0 Å². The molecule has 0 radical (unpaired) electrons. The van der Waals surface area contributed by atoms with E-state index in [-0.39, 0.29) is 5.95 Å². The zero-order chi connectivity index (χ0) is 13.9. The molecule has 0 saturated carbocycles. The van der Waals surface area contributed by atoms with E-state index in [0.29, 0.717) is 18.4 Å². The maximum Gasteiger partial charge on any atom is 0.231 e. The first-order valence-corrected chi connectivity index (χ1v) is 8.06. The minimum atomic E-state index is 0.261. The predicted octanol–water partition coefficient (Wildman–Crippen LogP) is 2.49. The summed E-state index contributed by atoms with van der Waals surface area (Å²) in [6.07, 6.45) is 2.36. The molecule has 1 saturated heterocycles. The van der Waals surface area contributed by atoms with Gasteiger partial charge in [-0.05, 0) is 40.9 Å². The highest BCUT2D eigenvalue weighted by molar-refractivity contribution is 9.11. The van der Waals surface area contributed by atoms with Crippen molar-refractivity contribution < 1.29 is 0 Å². The number of aromatic nitrogens is 3. The fourth-order valence-corrected chi connectivity index (χ4v) is 3.55. The Morgan fingerprint density at radius 3 is 2.75 bits per heavy atom. The molecule has 0 aliphatic carbocycles. The molecule has 3 N–H and O–H groups in total. The summed E-state index contributed by atoms with van der Waals surface area (Å²) in [5, 5.41) is 3.20. The van der Waals surface area contributed by atoms with Crippen molar-refractivity contribution in [3.63, 3.8) is 0 Å². The largest absolute Gasteiger partial charge is 0.368 e. The van der Waals surface area contributed by atoms with E-state index in [1.807, 2.05) is 6.07 Å². The predicted molar refractivity (Wildman–Crippen MR) is 85.0 cm³/mol. The zero-order valence-electron chi connectivity index (χ0n) is 10.8. The van der Waals surface area contributed by atoms with E-state index in [0.717, 1.165) is 16.9 Å². The van der Waals surface area contributed by atoms with E-state index in [2.05, 4.69) is 47.2 Å². The lowest BCUT2D eigenvalue weighted by Gasteiger charge is -2.15. The number of nitrogen functional groups attached to an aromatic ring is 1. The van der Waals surface area contributed by atoms with E-state index in [1.165, 1.54) is 17.7 Å². The van der Waals surface area contributed by atoms with Crippen molar-refractivity contribution in [2.24, 2.45) is 0 Å². The summed E-state index contributed by atoms with van der Waals surface area (Å²) in [5.41, 5.74) is 5.77. The molecule has 0 spiro atoms. The summed E-state index contributed by atoms with van der Waals surface area (Å²) >= 11 is 5.13. The second-order valence-electron chi connectivity index (χ2n) is 4.57. The third kappa shape index (κ3) is 3.18. The number of anilines is 3. The lowest BCUT2D eigenvalue weighted by atomic mass is 10.4. The molecule has 0 aromatic carbocycles. The van der Waals surface area contributed by atoms with Crippen LogP contribution in [0.2, 0.25) is 0 Å². The van der Waals surface area contributed by atoms with Crippen molar-refractivity contribution in [3.05, 3.63) is 20.8 Å². The maximum absolute atomic E-state index is 5.77. The van der Waals surface area contributed by atoms with Crippen LogP contribution in [-0.4, -0.2) is 28.0 Å². The number of nitrogens with zero attached hydrogens (tertiary/aromatic N) is 4. The van der Waals surface area contributed by atoms with Crippen LogP contribution < -0.4 is 16.0 Å². The summed E-state index contributed by atoms with van der Waals surface area (Å²) < 4.78 is 1.11. The molecule has 3 rings (SSSR count). The standard InChI is InChI=1S/C12H15BrN6S/c13-9-4-3-8(20-9)7-15-11-16-10(14)17-12(18-11)19-5-1-2-6-19/h3-4H,1-2,5-7H2,(H3,14,15,16,17,18). The summed E-state index contributed by atoms with van der Waals surface area (Å²) in [7, 11) is 0. The number of hydrogen-bond acceptors (Lipinski definition) is 7. The molecule has 1 aliphatic heterocycles. The molecule has 0 amide bonds. The summed E-state index contributed by atoms with van der Waals surface area (Å²) in [5.74, 6) is 1.46. The maximum atomic E-state index is 5.77. The molecule has 6 nitrogen and oxygen atoms in total. The van der Waals surface area contributed by atoms with Crippen molar-refractivity contribution in [1.82, 2.24) is 15.0 Å². The van der Waals surface area contributed by atoms with Gasteiger partial charge in [0.05, 0.1) is 10.3 Å². The Hall–Kier alpha value is -1.41. The highest BCUT2D eigenvalue weighted by atomic mass is 79.9. The molecule has 0 unspecified atom stereocenters. The molecule has 0 bridgehead atoms. The second kappa shape index (κ2) is 5.92. The number of thiophene rings is 1. The van der Waals surface area contributed by atoms with Gasteiger partial charge in [0.2, 0.25) is 17.8 Å². The fourth-order valence-electron chi connectivity index (χ4n) is 2.13. The van der Waals surface area contributed by atoms with Gasteiger partial charge in [-0.2, -0.15) is 15.0 Å². The van der Waals surface area contributed by atoms with E-state index in [1.54, 1.807) is 11.3 Å². The third-order valence-electron chi connectivity index (χ3n) is 3.08. The van der Waals surface area contributed by atoms with Gasteiger partial charge in [0.15, 0.2) is 0 Å². The topological polar surface area (TPSA) is 80.0 Å². The molecule has 3 heterocycles. The number of nitrogens with two attached hydrogens (primary N) is 1. The zero-order valence-corrected chi connectivity index (χ0v) is 13.2. The van der Waals surface area contributed by atoms with Gasteiger partial charge >= 0.3 is 0 Å². The van der Waals surface area contributed by atoms with Gasteiger partial charge in [-0.25, -0.2) is 0 Å². The molecule has 20 heavy (non-hydrogen) atoms. The molecule has 1 fully saturated rings.